The number of ether oxygens (including phenoxy) is 1. The van der Waals surface area contributed by atoms with E-state index in [4.69, 9.17) is 14.9 Å². The molecule has 0 fully saturated rings. The van der Waals surface area contributed by atoms with E-state index in [2.05, 4.69) is 5.32 Å². The summed E-state index contributed by atoms with van der Waals surface area (Å²) in [5, 5.41) is 3.14. The molecule has 0 aliphatic rings. The number of benzene rings is 1. The lowest BCUT2D eigenvalue weighted by molar-refractivity contribution is 0.0527. The van der Waals surface area contributed by atoms with Gasteiger partial charge in [-0.1, -0.05) is 6.07 Å². The zero-order valence-corrected chi connectivity index (χ0v) is 10.7. The van der Waals surface area contributed by atoms with Gasteiger partial charge in [-0.2, -0.15) is 0 Å². The van der Waals surface area contributed by atoms with Crippen LogP contribution in [0, 0.1) is 0 Å². The lowest BCUT2D eigenvalue weighted by atomic mass is 10.1. The van der Waals surface area contributed by atoms with E-state index in [0.29, 0.717) is 30.1 Å². The zero-order valence-electron chi connectivity index (χ0n) is 10.7. The van der Waals surface area contributed by atoms with Crippen LogP contribution in [0.1, 0.15) is 22.8 Å². The molecule has 19 heavy (non-hydrogen) atoms. The monoisotopic (exact) mass is 260 g/mol. The van der Waals surface area contributed by atoms with Crippen molar-refractivity contribution in [2.75, 3.05) is 17.7 Å². The standard InChI is InChI=1S/C14H16N2O3/c1-2-19-14(17)11-4-3-5-12(15)13(11)16-8-10-6-7-18-9-10/h3-7,9,16H,2,8,15H2,1H3. The second-order valence-electron chi connectivity index (χ2n) is 3.98. The first-order chi connectivity index (χ1) is 9.22. The fourth-order valence-electron chi connectivity index (χ4n) is 1.73. The van der Waals surface area contributed by atoms with Gasteiger partial charge in [0.1, 0.15) is 0 Å². The summed E-state index contributed by atoms with van der Waals surface area (Å²) in [6, 6.07) is 6.99. The Morgan fingerprint density at radius 2 is 2.26 bits per heavy atom. The first-order valence-electron chi connectivity index (χ1n) is 6.03. The molecule has 100 valence electrons. The zero-order chi connectivity index (χ0) is 13.7. The van der Waals surface area contributed by atoms with Gasteiger partial charge >= 0.3 is 5.97 Å². The average molecular weight is 260 g/mol. The molecule has 0 aliphatic carbocycles. The maximum absolute atomic E-state index is 11.8. The van der Waals surface area contributed by atoms with Crippen molar-refractivity contribution in [3.05, 3.63) is 47.9 Å². The van der Waals surface area contributed by atoms with Crippen LogP contribution in [0.4, 0.5) is 11.4 Å². The Hall–Kier alpha value is -2.43. The van der Waals surface area contributed by atoms with Crippen molar-refractivity contribution in [2.45, 2.75) is 13.5 Å². The molecule has 0 bridgehead atoms. The highest BCUT2D eigenvalue weighted by Crippen LogP contribution is 2.25. The molecule has 0 spiro atoms. The van der Waals surface area contributed by atoms with Gasteiger partial charge in [-0.25, -0.2) is 4.79 Å². The van der Waals surface area contributed by atoms with E-state index in [0.717, 1.165) is 5.56 Å². The van der Waals surface area contributed by atoms with Crippen LogP contribution in [-0.2, 0) is 11.3 Å². The number of furan rings is 1. The maximum atomic E-state index is 11.8. The minimum Gasteiger partial charge on any atom is -0.472 e. The van der Waals surface area contributed by atoms with Crippen molar-refractivity contribution in [3.8, 4) is 0 Å². The third-order valence-electron chi connectivity index (χ3n) is 2.64. The summed E-state index contributed by atoms with van der Waals surface area (Å²) in [6.07, 6.45) is 3.23. The highest BCUT2D eigenvalue weighted by molar-refractivity contribution is 5.98. The fourth-order valence-corrected chi connectivity index (χ4v) is 1.73. The van der Waals surface area contributed by atoms with E-state index in [1.807, 2.05) is 6.07 Å². The minimum atomic E-state index is -0.385. The molecule has 1 aromatic carbocycles. The summed E-state index contributed by atoms with van der Waals surface area (Å²) in [5.41, 5.74) is 8.40. The van der Waals surface area contributed by atoms with Crippen molar-refractivity contribution >= 4 is 17.3 Å². The van der Waals surface area contributed by atoms with Gasteiger partial charge in [0, 0.05) is 12.1 Å². The van der Waals surface area contributed by atoms with Gasteiger partial charge in [-0.05, 0) is 25.1 Å². The highest BCUT2D eigenvalue weighted by atomic mass is 16.5. The quantitative estimate of drug-likeness (QED) is 0.638. The second kappa shape index (κ2) is 5.95. The summed E-state index contributed by atoms with van der Waals surface area (Å²) in [6.45, 7) is 2.62. The van der Waals surface area contributed by atoms with Crippen LogP contribution in [0.25, 0.3) is 0 Å². The van der Waals surface area contributed by atoms with Gasteiger partial charge < -0.3 is 20.2 Å². The Kier molecular flexibility index (Phi) is 4.07. The SMILES string of the molecule is CCOC(=O)c1cccc(N)c1NCc1ccoc1. The summed E-state index contributed by atoms with van der Waals surface area (Å²) >= 11 is 0. The largest absolute Gasteiger partial charge is 0.472 e. The topological polar surface area (TPSA) is 77.5 Å². The van der Waals surface area contributed by atoms with E-state index in [-0.39, 0.29) is 5.97 Å². The number of nitrogens with two attached hydrogens (primary N) is 1. The Morgan fingerprint density at radius 1 is 1.42 bits per heavy atom. The van der Waals surface area contributed by atoms with Gasteiger partial charge in [-0.15, -0.1) is 0 Å². The van der Waals surface area contributed by atoms with Crippen molar-refractivity contribution in [3.63, 3.8) is 0 Å². The number of esters is 1. The van der Waals surface area contributed by atoms with E-state index < -0.39 is 0 Å². The van der Waals surface area contributed by atoms with Crippen LogP contribution >= 0.6 is 0 Å². The van der Waals surface area contributed by atoms with Crippen LogP contribution in [0.15, 0.2) is 41.2 Å². The molecule has 3 N–H and O–H groups in total. The molecule has 1 heterocycles. The van der Waals surface area contributed by atoms with Crippen molar-refractivity contribution in [2.24, 2.45) is 0 Å². The van der Waals surface area contributed by atoms with Crippen LogP contribution in [0.2, 0.25) is 0 Å². The summed E-state index contributed by atoms with van der Waals surface area (Å²) < 4.78 is 9.99. The Bertz CT molecular complexity index is 550. The average Bonchev–Trinajstić information content (AvgIpc) is 2.90. The first-order valence-corrected chi connectivity index (χ1v) is 6.03. The molecule has 0 amide bonds. The van der Waals surface area contributed by atoms with E-state index in [9.17, 15) is 4.79 Å². The number of hydrogen-bond donors (Lipinski definition) is 2. The minimum absolute atomic E-state index is 0.328. The second-order valence-corrected chi connectivity index (χ2v) is 3.98. The lowest BCUT2D eigenvalue weighted by Crippen LogP contribution is -2.11. The normalized spacial score (nSPS) is 10.2. The third-order valence-corrected chi connectivity index (χ3v) is 2.64. The number of nitrogen functional groups attached to an aromatic ring is 1. The number of para-hydroxylation sites is 1. The van der Waals surface area contributed by atoms with Crippen molar-refractivity contribution in [1.29, 1.82) is 0 Å². The van der Waals surface area contributed by atoms with Gasteiger partial charge in [0.05, 0.1) is 36.1 Å². The lowest BCUT2D eigenvalue weighted by Gasteiger charge is -2.13. The van der Waals surface area contributed by atoms with E-state index in [1.54, 1.807) is 37.6 Å². The number of anilines is 2. The van der Waals surface area contributed by atoms with Gasteiger partial charge in [0.25, 0.3) is 0 Å². The molecule has 0 unspecified atom stereocenters. The Balaban J connectivity index is 2.20. The van der Waals surface area contributed by atoms with Gasteiger partial charge in [0.2, 0.25) is 0 Å². The molecule has 5 nitrogen and oxygen atoms in total. The molecular formula is C14H16N2O3. The first kappa shape index (κ1) is 13.0. The van der Waals surface area contributed by atoms with Crippen LogP contribution in [0.5, 0.6) is 0 Å². The molecule has 0 aliphatic heterocycles. The number of nitrogens with one attached hydrogen (secondary N) is 1. The van der Waals surface area contributed by atoms with Crippen LogP contribution in [-0.4, -0.2) is 12.6 Å². The highest BCUT2D eigenvalue weighted by Gasteiger charge is 2.14. The molecule has 2 rings (SSSR count). The molecule has 0 saturated carbocycles. The van der Waals surface area contributed by atoms with E-state index >= 15 is 0 Å². The number of rotatable bonds is 5. The van der Waals surface area contributed by atoms with Crippen LogP contribution in [0.3, 0.4) is 0 Å². The predicted octanol–water partition coefficient (Wildman–Crippen LogP) is 2.65. The molecule has 1 aromatic heterocycles. The molecular weight excluding hydrogens is 244 g/mol. The van der Waals surface area contributed by atoms with Crippen molar-refractivity contribution in [1.82, 2.24) is 0 Å². The van der Waals surface area contributed by atoms with Crippen LogP contribution < -0.4 is 11.1 Å². The molecule has 2 aromatic rings. The number of carbonyl (C=O) groups is 1. The Labute approximate surface area is 111 Å². The maximum Gasteiger partial charge on any atom is 0.340 e. The molecule has 0 radical (unpaired) electrons. The summed E-state index contributed by atoms with van der Waals surface area (Å²) in [5.74, 6) is -0.385. The van der Waals surface area contributed by atoms with Gasteiger partial charge in [-0.3, -0.25) is 0 Å². The van der Waals surface area contributed by atoms with Crippen molar-refractivity contribution < 1.29 is 13.9 Å². The fraction of sp³-hybridized carbons (Fsp3) is 0.214. The number of hydrogen-bond acceptors (Lipinski definition) is 5. The summed E-state index contributed by atoms with van der Waals surface area (Å²) in [4.78, 5) is 11.8. The van der Waals surface area contributed by atoms with E-state index in [1.165, 1.54) is 0 Å². The van der Waals surface area contributed by atoms with Gasteiger partial charge in [0.15, 0.2) is 0 Å². The molecule has 0 atom stereocenters. The Morgan fingerprint density at radius 3 is 2.95 bits per heavy atom. The molecule has 0 saturated heterocycles. The molecule has 5 heteroatoms. The predicted molar refractivity (Wildman–Crippen MR) is 72.8 cm³/mol. The smallest absolute Gasteiger partial charge is 0.340 e. The third kappa shape index (κ3) is 3.07. The summed E-state index contributed by atoms with van der Waals surface area (Å²) in [7, 11) is 0. The number of carbonyl (C=O) groups excluding carboxylic acids is 1.